The molecule has 20 heavy (non-hydrogen) atoms. The Labute approximate surface area is 113 Å². The zero-order chi connectivity index (χ0) is 14.8. The summed E-state index contributed by atoms with van der Waals surface area (Å²) in [6.07, 6.45) is 3.02. The first-order valence-electron chi connectivity index (χ1n) is 5.22. The van der Waals surface area contributed by atoms with Crippen molar-refractivity contribution < 1.29 is 22.7 Å². The second kappa shape index (κ2) is 5.21. The van der Waals surface area contributed by atoms with Crippen LogP contribution in [0.4, 0.5) is 10.2 Å². The van der Waals surface area contributed by atoms with Gasteiger partial charge in [-0.3, -0.25) is 9.71 Å². The standard InChI is InChI=1S/C11H8FN3O4S/c12-7-4-8(6-13-5-7)20(18,19)15-10-9(11(16)17)2-1-3-14-10/h1-6H,(H,14,15)(H,16,17). The Morgan fingerprint density at radius 3 is 2.75 bits per heavy atom. The molecule has 0 aliphatic heterocycles. The third kappa shape index (κ3) is 2.88. The van der Waals surface area contributed by atoms with Crippen molar-refractivity contribution in [2.24, 2.45) is 0 Å². The Bertz CT molecular complexity index is 764. The highest BCUT2D eigenvalue weighted by atomic mass is 32.2. The molecule has 2 N–H and O–H groups in total. The second-order valence-corrected chi connectivity index (χ2v) is 5.33. The van der Waals surface area contributed by atoms with Crippen LogP contribution in [0.15, 0.2) is 41.7 Å². The zero-order valence-corrected chi connectivity index (χ0v) is 10.6. The molecule has 0 aliphatic rings. The van der Waals surface area contributed by atoms with Gasteiger partial charge in [-0.25, -0.2) is 22.6 Å². The van der Waals surface area contributed by atoms with Crippen LogP contribution in [0, 0.1) is 5.82 Å². The molecule has 2 heterocycles. The lowest BCUT2D eigenvalue weighted by atomic mass is 10.3. The molecule has 0 radical (unpaired) electrons. The van der Waals surface area contributed by atoms with E-state index in [1.54, 1.807) is 0 Å². The lowest BCUT2D eigenvalue weighted by Crippen LogP contribution is -2.17. The number of nitrogens with one attached hydrogen (secondary N) is 1. The zero-order valence-electron chi connectivity index (χ0n) is 9.82. The van der Waals surface area contributed by atoms with Crippen LogP contribution in [0.5, 0.6) is 0 Å². The molecule has 0 bridgehead atoms. The van der Waals surface area contributed by atoms with Gasteiger partial charge >= 0.3 is 5.97 Å². The molecule has 0 saturated carbocycles. The van der Waals surface area contributed by atoms with Crippen LogP contribution >= 0.6 is 0 Å². The Kier molecular flexibility index (Phi) is 3.61. The number of sulfonamides is 1. The van der Waals surface area contributed by atoms with Gasteiger partial charge in [-0.1, -0.05) is 0 Å². The molecule has 0 fully saturated rings. The van der Waals surface area contributed by atoms with E-state index in [-0.39, 0.29) is 11.4 Å². The van der Waals surface area contributed by atoms with Crippen LogP contribution in [0.25, 0.3) is 0 Å². The Hall–Kier alpha value is -2.55. The summed E-state index contributed by atoms with van der Waals surface area (Å²) < 4.78 is 38.9. The largest absolute Gasteiger partial charge is 0.478 e. The fraction of sp³-hybridized carbons (Fsp3) is 0. The topological polar surface area (TPSA) is 109 Å². The summed E-state index contributed by atoms with van der Waals surface area (Å²) in [6, 6.07) is 3.31. The molecular weight excluding hydrogens is 289 g/mol. The molecular formula is C11H8FN3O4S. The maximum absolute atomic E-state index is 13.0. The normalized spacial score (nSPS) is 11.1. The van der Waals surface area contributed by atoms with Crippen LogP contribution in [-0.2, 0) is 10.0 Å². The van der Waals surface area contributed by atoms with Gasteiger partial charge in [0, 0.05) is 12.4 Å². The Balaban J connectivity index is 2.41. The minimum absolute atomic E-state index is 0.319. The van der Waals surface area contributed by atoms with Crippen molar-refractivity contribution in [2.45, 2.75) is 4.90 Å². The van der Waals surface area contributed by atoms with Crippen molar-refractivity contribution in [3.63, 3.8) is 0 Å². The Morgan fingerprint density at radius 2 is 2.10 bits per heavy atom. The fourth-order valence-electron chi connectivity index (χ4n) is 1.38. The molecule has 0 atom stereocenters. The molecule has 0 aromatic carbocycles. The molecule has 0 aliphatic carbocycles. The summed E-state index contributed by atoms with van der Waals surface area (Å²) in [5, 5.41) is 8.93. The molecule has 104 valence electrons. The summed E-state index contributed by atoms with van der Waals surface area (Å²) in [5.41, 5.74) is -0.319. The average molecular weight is 297 g/mol. The van der Waals surface area contributed by atoms with Crippen molar-refractivity contribution in [1.82, 2.24) is 9.97 Å². The number of hydrogen-bond acceptors (Lipinski definition) is 5. The number of carboxylic acids is 1. The number of aromatic nitrogens is 2. The lowest BCUT2D eigenvalue weighted by molar-refractivity contribution is 0.0697. The second-order valence-electron chi connectivity index (χ2n) is 3.65. The van der Waals surface area contributed by atoms with Crippen LogP contribution in [0.3, 0.4) is 0 Å². The number of nitrogens with zero attached hydrogens (tertiary/aromatic N) is 2. The van der Waals surface area contributed by atoms with E-state index in [9.17, 15) is 17.6 Å². The van der Waals surface area contributed by atoms with Gasteiger partial charge in [-0.05, 0) is 18.2 Å². The van der Waals surface area contributed by atoms with Crippen LogP contribution in [0.2, 0.25) is 0 Å². The summed E-state index contributed by atoms with van der Waals surface area (Å²) in [7, 11) is -4.17. The SMILES string of the molecule is O=C(O)c1cccnc1NS(=O)(=O)c1cncc(F)c1. The molecule has 9 heteroatoms. The maximum Gasteiger partial charge on any atom is 0.339 e. The molecule has 0 unspecified atom stereocenters. The van der Waals surface area contributed by atoms with E-state index in [2.05, 4.69) is 9.97 Å². The van der Waals surface area contributed by atoms with Gasteiger partial charge in [0.1, 0.15) is 16.3 Å². The van der Waals surface area contributed by atoms with Crippen LogP contribution < -0.4 is 4.72 Å². The van der Waals surface area contributed by atoms with Gasteiger partial charge in [-0.15, -0.1) is 0 Å². The fourth-order valence-corrected chi connectivity index (χ4v) is 2.39. The van der Waals surface area contributed by atoms with Crippen molar-refractivity contribution in [2.75, 3.05) is 4.72 Å². The van der Waals surface area contributed by atoms with E-state index >= 15 is 0 Å². The van der Waals surface area contributed by atoms with Gasteiger partial charge in [0.25, 0.3) is 10.0 Å². The number of rotatable bonds is 4. The van der Waals surface area contributed by atoms with E-state index in [1.165, 1.54) is 18.3 Å². The lowest BCUT2D eigenvalue weighted by Gasteiger charge is -2.08. The van der Waals surface area contributed by atoms with Crippen molar-refractivity contribution >= 4 is 21.8 Å². The predicted octanol–water partition coefficient (Wildman–Crippen LogP) is 1.11. The number of aromatic carboxylic acids is 1. The van der Waals surface area contributed by atoms with E-state index in [1.807, 2.05) is 4.72 Å². The molecule has 2 rings (SSSR count). The van der Waals surface area contributed by atoms with Crippen molar-refractivity contribution in [1.29, 1.82) is 0 Å². The quantitative estimate of drug-likeness (QED) is 0.875. The molecule has 0 amide bonds. The molecule has 2 aromatic heterocycles. The highest BCUT2D eigenvalue weighted by Crippen LogP contribution is 2.17. The van der Waals surface area contributed by atoms with Crippen molar-refractivity contribution in [3.8, 4) is 0 Å². The molecule has 0 spiro atoms. The summed E-state index contributed by atoms with van der Waals surface area (Å²) in [4.78, 5) is 17.6. The van der Waals surface area contributed by atoms with E-state index in [0.717, 1.165) is 18.5 Å². The van der Waals surface area contributed by atoms with Gasteiger partial charge in [0.2, 0.25) is 0 Å². The highest BCUT2D eigenvalue weighted by molar-refractivity contribution is 7.92. The number of halogens is 1. The summed E-state index contributed by atoms with van der Waals surface area (Å²) in [6.45, 7) is 0. The number of carbonyl (C=O) groups is 1. The highest BCUT2D eigenvalue weighted by Gasteiger charge is 2.20. The minimum Gasteiger partial charge on any atom is -0.478 e. The number of pyridine rings is 2. The minimum atomic E-state index is -4.17. The van der Waals surface area contributed by atoms with Crippen LogP contribution in [0.1, 0.15) is 10.4 Å². The first-order chi connectivity index (χ1) is 9.40. The van der Waals surface area contributed by atoms with E-state index in [0.29, 0.717) is 0 Å². The summed E-state index contributed by atoms with van der Waals surface area (Å²) >= 11 is 0. The predicted molar refractivity (Wildman–Crippen MR) is 66.2 cm³/mol. The van der Waals surface area contributed by atoms with E-state index < -0.39 is 26.7 Å². The molecule has 0 saturated heterocycles. The first kappa shape index (κ1) is 13.9. The monoisotopic (exact) mass is 297 g/mol. The van der Waals surface area contributed by atoms with Gasteiger partial charge < -0.3 is 5.11 Å². The molecule has 2 aromatic rings. The first-order valence-corrected chi connectivity index (χ1v) is 6.70. The van der Waals surface area contributed by atoms with Crippen molar-refractivity contribution in [3.05, 3.63) is 48.2 Å². The maximum atomic E-state index is 13.0. The third-order valence-corrected chi connectivity index (χ3v) is 3.57. The van der Waals surface area contributed by atoms with Gasteiger partial charge in [0.15, 0.2) is 5.82 Å². The third-order valence-electron chi connectivity index (χ3n) is 2.26. The average Bonchev–Trinajstić information content (AvgIpc) is 2.38. The smallest absolute Gasteiger partial charge is 0.339 e. The van der Waals surface area contributed by atoms with Gasteiger partial charge in [0.05, 0.1) is 6.20 Å². The van der Waals surface area contributed by atoms with E-state index in [4.69, 9.17) is 5.11 Å². The summed E-state index contributed by atoms with van der Waals surface area (Å²) in [5.74, 6) is -2.52. The number of carboxylic acid groups (broad SMARTS) is 1. The number of hydrogen-bond donors (Lipinski definition) is 2. The Morgan fingerprint density at radius 1 is 1.35 bits per heavy atom. The van der Waals surface area contributed by atoms with Gasteiger partial charge in [-0.2, -0.15) is 0 Å². The van der Waals surface area contributed by atoms with Crippen LogP contribution in [-0.4, -0.2) is 29.5 Å². The molecule has 7 nitrogen and oxygen atoms in total. The number of anilines is 1.